The van der Waals surface area contributed by atoms with E-state index in [2.05, 4.69) is 4.98 Å². The van der Waals surface area contributed by atoms with Gasteiger partial charge in [-0.1, -0.05) is 31.0 Å². The van der Waals surface area contributed by atoms with E-state index >= 15 is 0 Å². The van der Waals surface area contributed by atoms with Crippen molar-refractivity contribution < 1.29 is 9.90 Å². The highest BCUT2D eigenvalue weighted by Crippen LogP contribution is 2.40. The van der Waals surface area contributed by atoms with Crippen LogP contribution >= 0.6 is 12.2 Å². The predicted octanol–water partition coefficient (Wildman–Crippen LogP) is 3.30. The van der Waals surface area contributed by atoms with Gasteiger partial charge in [-0.25, -0.2) is 0 Å². The second-order valence-corrected chi connectivity index (χ2v) is 7.58. The van der Waals surface area contributed by atoms with Gasteiger partial charge in [0.15, 0.2) is 4.77 Å². The van der Waals surface area contributed by atoms with E-state index in [-0.39, 0.29) is 11.8 Å². The number of H-pyrrole nitrogens is 1. The van der Waals surface area contributed by atoms with Crippen LogP contribution in [0.5, 0.6) is 0 Å². The monoisotopic (exact) mass is 357 g/mol. The molecule has 2 N–H and O–H groups in total. The lowest BCUT2D eigenvalue weighted by molar-refractivity contribution is -0.0887. The molecule has 1 saturated carbocycles. The van der Waals surface area contributed by atoms with Gasteiger partial charge in [-0.05, 0) is 43.6 Å². The number of aromatic amines is 1. The number of aliphatic hydroxyl groups is 1. The van der Waals surface area contributed by atoms with Crippen molar-refractivity contribution in [1.82, 2.24) is 14.5 Å². The molecule has 1 aromatic carbocycles. The molecule has 1 amide bonds. The number of benzene rings is 1. The molecule has 2 atom stereocenters. The van der Waals surface area contributed by atoms with Crippen LogP contribution in [0.25, 0.3) is 5.69 Å². The Hall–Kier alpha value is -1.92. The Kier molecular flexibility index (Phi) is 4.25. The molecule has 0 radical (unpaired) electrons. The first-order valence-electron chi connectivity index (χ1n) is 8.96. The molecular formula is C19H23N3O2S. The van der Waals surface area contributed by atoms with E-state index in [0.717, 1.165) is 31.4 Å². The van der Waals surface area contributed by atoms with Crippen molar-refractivity contribution in [2.24, 2.45) is 5.92 Å². The minimum absolute atomic E-state index is 0.0242. The highest BCUT2D eigenvalue weighted by atomic mass is 32.1. The number of carbonyl (C=O) groups is 1. The minimum Gasteiger partial charge on any atom is -0.389 e. The van der Waals surface area contributed by atoms with Crippen LogP contribution < -0.4 is 0 Å². The summed E-state index contributed by atoms with van der Waals surface area (Å²) in [6.07, 6.45) is 6.45. The number of imidazole rings is 1. The highest BCUT2D eigenvalue weighted by molar-refractivity contribution is 7.71. The second kappa shape index (κ2) is 6.42. The maximum absolute atomic E-state index is 13.1. The molecule has 2 heterocycles. The summed E-state index contributed by atoms with van der Waals surface area (Å²) in [5.41, 5.74) is 0.854. The lowest BCUT2D eigenvalue weighted by Gasteiger charge is -2.47. The summed E-state index contributed by atoms with van der Waals surface area (Å²) in [5.74, 6) is 0.162. The summed E-state index contributed by atoms with van der Waals surface area (Å²) in [4.78, 5) is 18.0. The Morgan fingerprint density at radius 2 is 2.04 bits per heavy atom. The van der Waals surface area contributed by atoms with Crippen molar-refractivity contribution in [2.75, 3.05) is 13.1 Å². The zero-order valence-corrected chi connectivity index (χ0v) is 15.0. The number of likely N-dealkylation sites (tertiary alicyclic amines) is 1. The Bertz CT molecular complexity index is 829. The number of para-hydroxylation sites is 1. The van der Waals surface area contributed by atoms with E-state index in [9.17, 15) is 9.90 Å². The lowest BCUT2D eigenvalue weighted by Crippen LogP contribution is -2.54. The summed E-state index contributed by atoms with van der Waals surface area (Å²) in [5, 5.41) is 10.8. The first-order chi connectivity index (χ1) is 12.1. The van der Waals surface area contributed by atoms with E-state index in [1.54, 1.807) is 10.8 Å². The number of rotatable bonds is 2. The molecule has 1 aromatic heterocycles. The molecule has 1 saturated heterocycles. The van der Waals surface area contributed by atoms with E-state index in [4.69, 9.17) is 12.2 Å². The van der Waals surface area contributed by atoms with Crippen LogP contribution in [-0.2, 0) is 0 Å². The van der Waals surface area contributed by atoms with Crippen molar-refractivity contribution in [1.29, 1.82) is 0 Å². The number of nitrogens with zero attached hydrogens (tertiary/aromatic N) is 2. The first kappa shape index (κ1) is 16.5. The van der Waals surface area contributed by atoms with Crippen LogP contribution in [-0.4, -0.2) is 44.2 Å². The summed E-state index contributed by atoms with van der Waals surface area (Å²) >= 11 is 5.38. The fourth-order valence-corrected chi connectivity index (χ4v) is 4.54. The number of nitrogens with one attached hydrogen (secondary N) is 1. The first-order valence-corrected chi connectivity index (χ1v) is 9.37. The molecule has 5 nitrogen and oxygen atoms in total. The molecule has 6 heteroatoms. The number of carbonyl (C=O) groups excluding carboxylic acids is 1. The quantitative estimate of drug-likeness (QED) is 0.811. The lowest BCUT2D eigenvalue weighted by atomic mass is 9.71. The maximum atomic E-state index is 13.1. The van der Waals surface area contributed by atoms with E-state index < -0.39 is 5.60 Å². The molecule has 1 aliphatic heterocycles. The van der Waals surface area contributed by atoms with E-state index in [0.29, 0.717) is 30.0 Å². The number of fused-ring (bicyclic) bond motifs is 1. The Balaban J connectivity index is 1.61. The Morgan fingerprint density at radius 3 is 2.84 bits per heavy atom. The zero-order valence-electron chi connectivity index (χ0n) is 14.1. The average molecular weight is 357 g/mol. The van der Waals surface area contributed by atoms with Gasteiger partial charge in [0.25, 0.3) is 5.91 Å². The fourth-order valence-electron chi connectivity index (χ4n) is 4.28. The summed E-state index contributed by atoms with van der Waals surface area (Å²) in [6, 6.07) is 9.69. The predicted molar refractivity (Wildman–Crippen MR) is 98.4 cm³/mol. The molecule has 0 bridgehead atoms. The third-order valence-corrected chi connectivity index (χ3v) is 6.03. The van der Waals surface area contributed by atoms with Crippen molar-refractivity contribution in [3.8, 4) is 5.69 Å². The van der Waals surface area contributed by atoms with Crippen molar-refractivity contribution in [2.45, 2.75) is 37.7 Å². The Labute approximate surface area is 152 Å². The molecule has 2 aromatic rings. The van der Waals surface area contributed by atoms with Gasteiger partial charge in [0.05, 0.1) is 5.60 Å². The van der Waals surface area contributed by atoms with Gasteiger partial charge in [-0.15, -0.1) is 0 Å². The van der Waals surface area contributed by atoms with Gasteiger partial charge in [0, 0.05) is 30.9 Å². The van der Waals surface area contributed by atoms with Gasteiger partial charge in [-0.3, -0.25) is 9.36 Å². The average Bonchev–Trinajstić information content (AvgIpc) is 3.02. The van der Waals surface area contributed by atoms with Crippen molar-refractivity contribution in [3.63, 3.8) is 0 Å². The number of piperidine rings is 1. The molecule has 2 aliphatic rings. The van der Waals surface area contributed by atoms with Crippen LogP contribution in [0, 0.1) is 10.7 Å². The topological polar surface area (TPSA) is 61.3 Å². The number of hydrogen-bond donors (Lipinski definition) is 2. The van der Waals surface area contributed by atoms with Crippen LogP contribution in [0.3, 0.4) is 0 Å². The Morgan fingerprint density at radius 1 is 1.24 bits per heavy atom. The van der Waals surface area contributed by atoms with Gasteiger partial charge >= 0.3 is 0 Å². The van der Waals surface area contributed by atoms with Gasteiger partial charge in [-0.2, -0.15) is 0 Å². The minimum atomic E-state index is -0.578. The largest absolute Gasteiger partial charge is 0.389 e. The number of amides is 1. The van der Waals surface area contributed by atoms with Crippen LogP contribution in [0.4, 0.5) is 0 Å². The van der Waals surface area contributed by atoms with Gasteiger partial charge in [0.2, 0.25) is 0 Å². The summed E-state index contributed by atoms with van der Waals surface area (Å²) in [6.45, 7) is 1.22. The molecule has 1 aliphatic carbocycles. The van der Waals surface area contributed by atoms with Gasteiger partial charge < -0.3 is 15.0 Å². The molecule has 132 valence electrons. The second-order valence-electron chi connectivity index (χ2n) is 7.20. The van der Waals surface area contributed by atoms with Crippen LogP contribution in [0.2, 0.25) is 0 Å². The van der Waals surface area contributed by atoms with Crippen LogP contribution in [0.1, 0.15) is 42.6 Å². The summed E-state index contributed by atoms with van der Waals surface area (Å²) < 4.78 is 2.31. The normalized spacial score (nSPS) is 26.3. The van der Waals surface area contributed by atoms with Crippen molar-refractivity contribution in [3.05, 3.63) is 47.0 Å². The molecule has 2 fully saturated rings. The third kappa shape index (κ3) is 2.93. The SMILES string of the molecule is O=C(c1c[nH]c(=S)n1-c1ccccc1)N1CC[C@]2(O)CCCC[C@@H]2C1. The summed E-state index contributed by atoms with van der Waals surface area (Å²) in [7, 11) is 0. The van der Waals surface area contributed by atoms with Gasteiger partial charge in [0.1, 0.15) is 5.69 Å². The van der Waals surface area contributed by atoms with Crippen LogP contribution in [0.15, 0.2) is 36.5 Å². The maximum Gasteiger partial charge on any atom is 0.272 e. The standard InChI is InChI=1S/C19H23N3O2S/c23-17(21-11-10-19(24)9-5-4-6-14(19)13-21)16-12-20-18(25)22(16)15-7-2-1-3-8-15/h1-3,7-8,12,14,24H,4-6,9-11,13H2,(H,20,25)/t14-,19-/m1/s1. The highest BCUT2D eigenvalue weighted by Gasteiger charge is 2.44. The van der Waals surface area contributed by atoms with Crippen molar-refractivity contribution >= 4 is 18.1 Å². The molecule has 4 rings (SSSR count). The number of hydrogen-bond acceptors (Lipinski definition) is 3. The zero-order chi connectivity index (χ0) is 17.4. The smallest absolute Gasteiger partial charge is 0.272 e. The van der Waals surface area contributed by atoms with E-state index in [1.807, 2.05) is 35.2 Å². The molecule has 0 unspecified atom stereocenters. The van der Waals surface area contributed by atoms with E-state index in [1.165, 1.54) is 0 Å². The fraction of sp³-hybridized carbons (Fsp3) is 0.474. The molecule has 0 spiro atoms. The molecule has 25 heavy (non-hydrogen) atoms. The number of aromatic nitrogens is 2. The molecular weight excluding hydrogens is 334 g/mol. The third-order valence-electron chi connectivity index (χ3n) is 5.72.